The minimum absolute atomic E-state index is 0.000167. The van der Waals surface area contributed by atoms with Crippen LogP contribution in [0.4, 0.5) is 4.39 Å². The molecule has 0 saturated heterocycles. The van der Waals surface area contributed by atoms with Gasteiger partial charge in [0.25, 0.3) is 0 Å². The smallest absolute Gasteiger partial charge is 0.339 e. The Bertz CT molecular complexity index is 1200. The van der Waals surface area contributed by atoms with Crippen LogP contribution in [0.5, 0.6) is 5.75 Å². The number of aromatic hydroxyl groups is 1. The lowest BCUT2D eigenvalue weighted by molar-refractivity contribution is 0.476. The van der Waals surface area contributed by atoms with Crippen molar-refractivity contribution in [1.82, 2.24) is 5.43 Å². The highest BCUT2D eigenvalue weighted by molar-refractivity contribution is 6.31. The molecule has 0 saturated carbocycles. The summed E-state index contributed by atoms with van der Waals surface area (Å²) in [5, 5.41) is 16.1. The van der Waals surface area contributed by atoms with Crippen molar-refractivity contribution in [3.63, 3.8) is 0 Å². The number of hydrogen-bond acceptors (Lipinski definition) is 5. The van der Waals surface area contributed by atoms with Gasteiger partial charge >= 0.3 is 5.63 Å². The average molecular weight is 401 g/mol. The summed E-state index contributed by atoms with van der Waals surface area (Å²) < 4.78 is 19.6. The zero-order chi connectivity index (χ0) is 20.2. The van der Waals surface area contributed by atoms with Gasteiger partial charge in [0.15, 0.2) is 0 Å². The zero-order valence-electron chi connectivity index (χ0n) is 15.6. The summed E-state index contributed by atoms with van der Waals surface area (Å²) in [6.45, 7) is 5.23. The molecule has 7 heteroatoms. The molecule has 1 aliphatic rings. The molecule has 4 rings (SSSR count). The molecule has 0 fully saturated rings. The van der Waals surface area contributed by atoms with Crippen LogP contribution in [-0.4, -0.2) is 10.8 Å². The van der Waals surface area contributed by atoms with Crippen LogP contribution < -0.4 is 11.1 Å². The van der Waals surface area contributed by atoms with Crippen molar-refractivity contribution in [2.24, 2.45) is 5.10 Å². The molecule has 0 radical (unpaired) electrons. The third-order valence-electron chi connectivity index (χ3n) is 5.30. The van der Waals surface area contributed by atoms with Crippen LogP contribution in [0.1, 0.15) is 40.3 Å². The molecule has 0 spiro atoms. The topological polar surface area (TPSA) is 74.8 Å². The van der Waals surface area contributed by atoms with Crippen LogP contribution in [-0.2, 0) is 0 Å². The number of benzene rings is 2. The molecule has 3 aromatic rings. The number of fused-ring (bicyclic) bond motifs is 1. The van der Waals surface area contributed by atoms with E-state index in [-0.39, 0.29) is 5.75 Å². The minimum Gasteiger partial charge on any atom is -0.506 e. The van der Waals surface area contributed by atoms with E-state index >= 15 is 0 Å². The number of hydrazone groups is 1. The maximum absolute atomic E-state index is 14.3. The van der Waals surface area contributed by atoms with Crippen LogP contribution in [0.2, 0.25) is 5.02 Å². The van der Waals surface area contributed by atoms with Crippen molar-refractivity contribution in [3.05, 3.63) is 73.3 Å². The Hall–Kier alpha value is -2.86. The molecule has 0 unspecified atom stereocenters. The first-order valence-electron chi connectivity index (χ1n) is 8.82. The van der Waals surface area contributed by atoms with Crippen LogP contribution in [0.25, 0.3) is 11.0 Å². The van der Waals surface area contributed by atoms with E-state index in [0.29, 0.717) is 55.9 Å². The fourth-order valence-corrected chi connectivity index (χ4v) is 4.00. The monoisotopic (exact) mass is 400 g/mol. The van der Waals surface area contributed by atoms with E-state index in [1.807, 2.05) is 0 Å². The molecule has 1 aliphatic heterocycles. The highest BCUT2D eigenvalue weighted by Gasteiger charge is 2.29. The summed E-state index contributed by atoms with van der Waals surface area (Å²) in [5.74, 6) is -0.408. The molecule has 28 heavy (non-hydrogen) atoms. The number of nitrogens with one attached hydrogen (secondary N) is 1. The normalized spacial score (nSPS) is 16.3. The predicted molar refractivity (Wildman–Crippen MR) is 107 cm³/mol. The van der Waals surface area contributed by atoms with E-state index in [2.05, 4.69) is 10.5 Å². The molecule has 1 aromatic heterocycles. The van der Waals surface area contributed by atoms with E-state index in [9.17, 15) is 14.3 Å². The Kier molecular flexibility index (Phi) is 4.38. The number of hydrogen-bond donors (Lipinski definition) is 2. The highest BCUT2D eigenvalue weighted by atomic mass is 35.5. The molecule has 2 heterocycles. The predicted octanol–water partition coefficient (Wildman–Crippen LogP) is 4.66. The third-order valence-corrected chi connectivity index (χ3v) is 5.63. The summed E-state index contributed by atoms with van der Waals surface area (Å²) in [5.41, 5.74) is 6.11. The Morgan fingerprint density at radius 2 is 2.04 bits per heavy atom. The second-order valence-corrected chi connectivity index (χ2v) is 7.42. The van der Waals surface area contributed by atoms with Gasteiger partial charge in [0.05, 0.1) is 17.1 Å². The van der Waals surface area contributed by atoms with Gasteiger partial charge in [0.2, 0.25) is 0 Å². The van der Waals surface area contributed by atoms with Gasteiger partial charge in [0, 0.05) is 28.1 Å². The SMILES string of the molecule is Cc1cc2oc(=O)c(C)c(C)c2c(O)c1C1=NN[C@H](c2c(F)cccc2Cl)C1. The van der Waals surface area contributed by atoms with Gasteiger partial charge in [-0.2, -0.15) is 5.10 Å². The summed E-state index contributed by atoms with van der Waals surface area (Å²) in [6, 6.07) is 5.82. The average Bonchev–Trinajstić information content (AvgIpc) is 3.08. The first-order chi connectivity index (χ1) is 13.3. The Balaban J connectivity index is 1.81. The van der Waals surface area contributed by atoms with Gasteiger partial charge in [0.1, 0.15) is 17.1 Å². The standard InChI is InChI=1S/C21H18ClFN2O3/c1-9-7-16-18(10(2)11(3)21(27)28-16)20(26)17(9)14-8-15(25-24-14)19-12(22)5-4-6-13(19)23/h4-7,15,25-26H,8H2,1-3H3/t15-/m0/s1. The van der Waals surface area contributed by atoms with Crippen molar-refractivity contribution < 1.29 is 13.9 Å². The molecule has 144 valence electrons. The van der Waals surface area contributed by atoms with Gasteiger partial charge in [-0.15, -0.1) is 0 Å². The maximum Gasteiger partial charge on any atom is 0.339 e. The van der Waals surface area contributed by atoms with Crippen molar-refractivity contribution in [1.29, 1.82) is 0 Å². The lowest BCUT2D eigenvalue weighted by Crippen LogP contribution is -2.13. The second-order valence-electron chi connectivity index (χ2n) is 7.01. The van der Waals surface area contributed by atoms with E-state index in [1.165, 1.54) is 6.07 Å². The molecule has 0 aliphatic carbocycles. The van der Waals surface area contributed by atoms with Crippen molar-refractivity contribution in [3.8, 4) is 5.75 Å². The lowest BCUT2D eigenvalue weighted by atomic mass is 9.93. The molecule has 2 N–H and O–H groups in total. The second kappa shape index (κ2) is 6.63. The quantitative estimate of drug-likeness (QED) is 0.614. The number of nitrogens with zero attached hydrogens (tertiary/aromatic N) is 1. The fraction of sp³-hybridized carbons (Fsp3) is 0.238. The van der Waals surface area contributed by atoms with Crippen LogP contribution in [0, 0.1) is 26.6 Å². The van der Waals surface area contributed by atoms with Gasteiger partial charge < -0.3 is 14.9 Å². The molecule has 2 aromatic carbocycles. The number of rotatable bonds is 2. The minimum atomic E-state index is -0.435. The maximum atomic E-state index is 14.3. The van der Waals surface area contributed by atoms with Gasteiger partial charge in [-0.05, 0) is 50.1 Å². The van der Waals surface area contributed by atoms with Crippen LogP contribution in [0.3, 0.4) is 0 Å². The van der Waals surface area contributed by atoms with Gasteiger partial charge in [-0.25, -0.2) is 9.18 Å². The highest BCUT2D eigenvalue weighted by Crippen LogP contribution is 2.38. The first-order valence-corrected chi connectivity index (χ1v) is 9.20. The van der Waals surface area contributed by atoms with Crippen LogP contribution >= 0.6 is 11.6 Å². The summed E-state index contributed by atoms with van der Waals surface area (Å²) in [6.07, 6.45) is 0.357. The number of phenols is 1. The van der Waals surface area contributed by atoms with Crippen molar-refractivity contribution in [2.75, 3.05) is 0 Å². The molecule has 0 amide bonds. The number of halogens is 2. The molecular weight excluding hydrogens is 383 g/mol. The zero-order valence-corrected chi connectivity index (χ0v) is 16.3. The lowest BCUT2D eigenvalue weighted by Gasteiger charge is -2.15. The molecular formula is C21H18ClFN2O3. The Morgan fingerprint density at radius 3 is 2.75 bits per heavy atom. The number of phenolic OH excluding ortho intramolecular Hbond substituents is 1. The molecule has 0 bridgehead atoms. The van der Waals surface area contributed by atoms with Gasteiger partial charge in [-0.1, -0.05) is 17.7 Å². The molecule has 1 atom stereocenters. The first kappa shape index (κ1) is 18.5. The Labute approximate surface area is 165 Å². The summed E-state index contributed by atoms with van der Waals surface area (Å²) in [7, 11) is 0. The van der Waals surface area contributed by atoms with E-state index in [4.69, 9.17) is 16.0 Å². The Morgan fingerprint density at radius 1 is 1.29 bits per heavy atom. The van der Waals surface area contributed by atoms with Crippen molar-refractivity contribution in [2.45, 2.75) is 33.2 Å². The third kappa shape index (κ3) is 2.76. The van der Waals surface area contributed by atoms with Gasteiger partial charge in [-0.3, -0.25) is 0 Å². The van der Waals surface area contributed by atoms with E-state index in [1.54, 1.807) is 39.0 Å². The summed E-state index contributed by atoms with van der Waals surface area (Å²) >= 11 is 6.17. The largest absolute Gasteiger partial charge is 0.506 e. The fourth-order valence-electron chi connectivity index (χ4n) is 3.70. The van der Waals surface area contributed by atoms with E-state index < -0.39 is 17.5 Å². The number of aryl methyl sites for hydroxylation is 2. The molecule has 5 nitrogen and oxygen atoms in total. The summed E-state index contributed by atoms with van der Waals surface area (Å²) in [4.78, 5) is 12.0. The van der Waals surface area contributed by atoms with E-state index in [0.717, 1.165) is 0 Å². The van der Waals surface area contributed by atoms with Crippen LogP contribution in [0.15, 0.2) is 38.6 Å². The van der Waals surface area contributed by atoms with Crippen molar-refractivity contribution >= 4 is 28.3 Å².